The number of thioether (sulfide) groups is 1. The molecule has 0 spiro atoms. The molecule has 4 nitrogen and oxygen atoms in total. The van der Waals surface area contributed by atoms with E-state index in [1.807, 2.05) is 12.5 Å². The molecule has 2 heterocycles. The van der Waals surface area contributed by atoms with Crippen molar-refractivity contribution < 1.29 is 0 Å². The van der Waals surface area contributed by atoms with Gasteiger partial charge in [0.05, 0.1) is 5.69 Å². The average Bonchev–Trinajstić information content (AvgIpc) is 2.87. The van der Waals surface area contributed by atoms with E-state index in [9.17, 15) is 0 Å². The number of aromatic nitrogens is 3. The van der Waals surface area contributed by atoms with Crippen LogP contribution in [0.1, 0.15) is 25.6 Å². The van der Waals surface area contributed by atoms with Gasteiger partial charge in [0.1, 0.15) is 0 Å². The van der Waals surface area contributed by atoms with Crippen molar-refractivity contribution in [1.82, 2.24) is 20.5 Å². The fraction of sp³-hybridized carbons (Fsp3) is 0.417. The van der Waals surface area contributed by atoms with Crippen molar-refractivity contribution in [2.24, 2.45) is 0 Å². The Balaban J connectivity index is 2.02. The second-order valence-corrected chi connectivity index (χ2v) is 7.19. The van der Waals surface area contributed by atoms with Crippen LogP contribution in [0.4, 0.5) is 0 Å². The van der Waals surface area contributed by atoms with Crippen LogP contribution in [0, 0.1) is 0 Å². The highest BCUT2D eigenvalue weighted by atomic mass is 32.2. The van der Waals surface area contributed by atoms with E-state index < -0.39 is 0 Å². The van der Waals surface area contributed by atoms with E-state index in [1.54, 1.807) is 34.9 Å². The highest BCUT2D eigenvalue weighted by Gasteiger charge is 2.08. The van der Waals surface area contributed by atoms with Crippen molar-refractivity contribution in [3.63, 3.8) is 0 Å². The van der Waals surface area contributed by atoms with Gasteiger partial charge in [0.25, 0.3) is 0 Å². The molecule has 0 fully saturated rings. The highest BCUT2D eigenvalue weighted by Crippen LogP contribution is 2.32. The summed E-state index contributed by atoms with van der Waals surface area (Å²) in [5.74, 6) is 0. The van der Waals surface area contributed by atoms with E-state index in [4.69, 9.17) is 0 Å². The summed E-state index contributed by atoms with van der Waals surface area (Å²) >= 11 is 4.84. The van der Waals surface area contributed by atoms with Crippen molar-refractivity contribution in [2.75, 3.05) is 12.8 Å². The zero-order valence-electron chi connectivity index (χ0n) is 11.1. The van der Waals surface area contributed by atoms with Crippen molar-refractivity contribution in [3.8, 4) is 0 Å². The lowest BCUT2D eigenvalue weighted by atomic mass is 10.2. The summed E-state index contributed by atoms with van der Waals surface area (Å²) in [5.41, 5.74) is 1.06. The molecule has 7 heteroatoms. The number of pyridine rings is 1. The second kappa shape index (κ2) is 7.23. The zero-order chi connectivity index (χ0) is 13.7. The number of hydrogen-bond donors (Lipinski definition) is 1. The van der Waals surface area contributed by atoms with Gasteiger partial charge in [-0.1, -0.05) is 41.8 Å². The molecule has 19 heavy (non-hydrogen) atoms. The fourth-order valence-electron chi connectivity index (χ4n) is 1.54. The number of rotatable bonds is 6. The quantitative estimate of drug-likeness (QED) is 0.824. The first-order chi connectivity index (χ1) is 9.22. The van der Waals surface area contributed by atoms with Crippen molar-refractivity contribution >= 4 is 34.9 Å². The molecule has 1 N–H and O–H groups in total. The number of hydrogen-bond acceptors (Lipinski definition) is 7. The molecule has 0 bridgehead atoms. The molecule has 2 rings (SSSR count). The maximum Gasteiger partial charge on any atom is 0.179 e. The molecular weight excluding hydrogens is 296 g/mol. The molecule has 1 unspecified atom stereocenters. The zero-order valence-corrected chi connectivity index (χ0v) is 13.5. The van der Waals surface area contributed by atoms with Gasteiger partial charge in [0, 0.05) is 17.1 Å². The van der Waals surface area contributed by atoms with Crippen LogP contribution in [0.5, 0.6) is 0 Å². The van der Waals surface area contributed by atoms with Crippen LogP contribution in [0.2, 0.25) is 0 Å². The predicted molar refractivity (Wildman–Crippen MR) is 82.1 cm³/mol. The van der Waals surface area contributed by atoms with Crippen LogP contribution >= 0.6 is 34.9 Å². The Labute approximate surface area is 125 Å². The van der Waals surface area contributed by atoms with E-state index in [-0.39, 0.29) is 6.04 Å². The summed E-state index contributed by atoms with van der Waals surface area (Å²) in [6.45, 7) is 5.16. The molecule has 0 aliphatic heterocycles. The summed E-state index contributed by atoms with van der Waals surface area (Å²) in [6.07, 6.45) is 3.90. The Morgan fingerprint density at radius 2 is 2.11 bits per heavy atom. The lowest BCUT2D eigenvalue weighted by molar-refractivity contribution is 0.582. The molecule has 0 radical (unpaired) electrons. The molecule has 0 saturated heterocycles. The molecule has 0 aromatic carbocycles. The Morgan fingerprint density at radius 1 is 1.32 bits per heavy atom. The molecular formula is C12H16N4S3. The first-order valence-corrected chi connectivity index (χ1v) is 8.83. The minimum Gasteiger partial charge on any atom is -0.309 e. The first-order valence-electron chi connectivity index (χ1n) is 5.97. The van der Waals surface area contributed by atoms with Crippen LogP contribution in [-0.4, -0.2) is 28.0 Å². The SMILES string of the molecule is CCNC(C)c1ccc(Sc2nnc(SC)s2)cn1. The van der Waals surface area contributed by atoms with Gasteiger partial charge in [0.2, 0.25) is 0 Å². The van der Waals surface area contributed by atoms with Crippen LogP contribution in [0.25, 0.3) is 0 Å². The van der Waals surface area contributed by atoms with Crippen molar-refractivity contribution in [2.45, 2.75) is 33.5 Å². The fourth-order valence-corrected chi connectivity index (χ4v) is 3.92. The van der Waals surface area contributed by atoms with Crippen molar-refractivity contribution in [3.05, 3.63) is 24.0 Å². The van der Waals surface area contributed by atoms with Gasteiger partial charge < -0.3 is 5.32 Å². The maximum absolute atomic E-state index is 4.49. The number of nitrogens with zero attached hydrogens (tertiary/aromatic N) is 3. The van der Waals surface area contributed by atoms with Gasteiger partial charge in [-0.25, -0.2) is 0 Å². The van der Waals surface area contributed by atoms with E-state index in [1.165, 1.54) is 0 Å². The summed E-state index contributed by atoms with van der Waals surface area (Å²) in [7, 11) is 0. The third kappa shape index (κ3) is 4.17. The Bertz CT molecular complexity index is 512. The number of nitrogens with one attached hydrogen (secondary N) is 1. The van der Waals surface area contributed by atoms with E-state index >= 15 is 0 Å². The molecule has 2 aromatic heterocycles. The normalized spacial score (nSPS) is 12.6. The molecule has 0 amide bonds. The minimum absolute atomic E-state index is 0.286. The molecule has 2 aromatic rings. The van der Waals surface area contributed by atoms with Gasteiger partial charge >= 0.3 is 0 Å². The molecule has 0 saturated carbocycles. The average molecular weight is 312 g/mol. The highest BCUT2D eigenvalue weighted by molar-refractivity contribution is 8.03. The van der Waals surface area contributed by atoms with E-state index in [0.29, 0.717) is 0 Å². The van der Waals surface area contributed by atoms with E-state index in [2.05, 4.69) is 46.5 Å². The predicted octanol–water partition coefficient (Wildman–Crippen LogP) is 3.48. The monoisotopic (exact) mass is 312 g/mol. The third-order valence-electron chi connectivity index (χ3n) is 2.48. The van der Waals surface area contributed by atoms with E-state index in [0.717, 1.165) is 25.8 Å². The maximum atomic E-state index is 4.49. The van der Waals surface area contributed by atoms with Crippen LogP contribution in [-0.2, 0) is 0 Å². The van der Waals surface area contributed by atoms with Gasteiger partial charge in [-0.05, 0) is 31.9 Å². The Hall–Kier alpha value is -0.630. The summed E-state index contributed by atoms with van der Waals surface area (Å²) in [4.78, 5) is 5.58. The molecule has 1 atom stereocenters. The standard InChI is InChI=1S/C12H16N4S3/c1-4-13-8(2)10-6-5-9(7-14-10)18-12-16-15-11(17-3)19-12/h5-8,13H,4H2,1-3H3. The van der Waals surface area contributed by atoms with Crippen LogP contribution < -0.4 is 5.32 Å². The topological polar surface area (TPSA) is 50.7 Å². The summed E-state index contributed by atoms with van der Waals surface area (Å²) in [5, 5.41) is 11.6. The Morgan fingerprint density at radius 3 is 2.68 bits per heavy atom. The molecule has 0 aliphatic rings. The second-order valence-electron chi connectivity index (χ2n) is 3.84. The van der Waals surface area contributed by atoms with Crippen LogP contribution in [0.3, 0.4) is 0 Å². The lowest BCUT2D eigenvalue weighted by Gasteiger charge is -2.11. The Kier molecular flexibility index (Phi) is 5.62. The van der Waals surface area contributed by atoms with Gasteiger partial charge in [-0.3, -0.25) is 4.98 Å². The van der Waals surface area contributed by atoms with Gasteiger partial charge in [-0.15, -0.1) is 10.2 Å². The van der Waals surface area contributed by atoms with Crippen LogP contribution in [0.15, 0.2) is 31.9 Å². The summed E-state index contributed by atoms with van der Waals surface area (Å²) < 4.78 is 1.95. The molecule has 0 aliphatic carbocycles. The lowest BCUT2D eigenvalue weighted by Crippen LogP contribution is -2.18. The first kappa shape index (κ1) is 14.8. The van der Waals surface area contributed by atoms with Crippen molar-refractivity contribution in [1.29, 1.82) is 0 Å². The van der Waals surface area contributed by atoms with Gasteiger partial charge in [0.15, 0.2) is 8.68 Å². The smallest absolute Gasteiger partial charge is 0.179 e. The third-order valence-corrected chi connectivity index (χ3v) is 5.41. The largest absolute Gasteiger partial charge is 0.309 e. The van der Waals surface area contributed by atoms with Gasteiger partial charge in [-0.2, -0.15) is 0 Å². The minimum atomic E-state index is 0.286. The summed E-state index contributed by atoms with van der Waals surface area (Å²) in [6, 6.07) is 4.43. The molecule has 102 valence electrons.